The number of sulfone groups is 1. The van der Waals surface area contributed by atoms with E-state index in [4.69, 9.17) is 5.11 Å². The molecule has 1 aliphatic carbocycles. The topological polar surface area (TPSA) is 95.0 Å². The van der Waals surface area contributed by atoms with Crippen LogP contribution in [-0.2, 0) is 14.6 Å². The van der Waals surface area contributed by atoms with Crippen LogP contribution in [-0.4, -0.2) is 72.5 Å². The zero-order valence-electron chi connectivity index (χ0n) is 12.2. The van der Waals surface area contributed by atoms with Crippen molar-refractivity contribution in [3.05, 3.63) is 0 Å². The van der Waals surface area contributed by atoms with E-state index in [1.807, 2.05) is 0 Å². The average molecular weight is 318 g/mol. The Balaban J connectivity index is 2.11. The maximum Gasteiger partial charge on any atom is 0.323 e. The number of nitrogens with zero attached hydrogens (tertiary/aromatic N) is 2. The Labute approximate surface area is 124 Å². The van der Waals surface area contributed by atoms with Gasteiger partial charge in [-0.25, -0.2) is 13.2 Å². The number of carbonyl (C=O) groups excluding carboxylic acids is 1. The van der Waals surface area contributed by atoms with Crippen LogP contribution in [0.3, 0.4) is 0 Å². The lowest BCUT2D eigenvalue weighted by Gasteiger charge is -2.34. The summed E-state index contributed by atoms with van der Waals surface area (Å²) in [7, 11) is -1.48. The van der Waals surface area contributed by atoms with E-state index in [-0.39, 0.29) is 23.6 Å². The fourth-order valence-corrected chi connectivity index (χ4v) is 4.90. The number of carbonyl (C=O) groups is 2. The van der Waals surface area contributed by atoms with Crippen molar-refractivity contribution in [3.63, 3.8) is 0 Å². The summed E-state index contributed by atoms with van der Waals surface area (Å²) in [6.45, 7) is -0.448. The van der Waals surface area contributed by atoms with Gasteiger partial charge in [0.15, 0.2) is 9.84 Å². The Kier molecular flexibility index (Phi) is 4.75. The van der Waals surface area contributed by atoms with E-state index in [9.17, 15) is 18.0 Å². The minimum Gasteiger partial charge on any atom is -0.480 e. The van der Waals surface area contributed by atoms with Gasteiger partial charge in [0, 0.05) is 19.1 Å². The number of aliphatic carboxylic acids is 1. The molecule has 2 fully saturated rings. The van der Waals surface area contributed by atoms with Crippen molar-refractivity contribution in [2.75, 3.05) is 25.1 Å². The molecule has 2 amide bonds. The van der Waals surface area contributed by atoms with E-state index >= 15 is 0 Å². The number of hydrogen-bond donors (Lipinski definition) is 1. The quantitative estimate of drug-likeness (QED) is 0.817. The molecule has 1 saturated heterocycles. The maximum absolute atomic E-state index is 12.6. The zero-order chi connectivity index (χ0) is 15.6. The second-order valence-electron chi connectivity index (χ2n) is 5.91. The van der Waals surface area contributed by atoms with Crippen LogP contribution in [0.1, 0.15) is 32.1 Å². The number of carboxylic acid groups (broad SMARTS) is 1. The molecule has 1 saturated carbocycles. The SMILES string of the molecule is CN(C(=O)N(CC(=O)O)C1CCS(=O)(=O)C1)C1CCCC1. The van der Waals surface area contributed by atoms with Crippen LogP contribution >= 0.6 is 0 Å². The van der Waals surface area contributed by atoms with Gasteiger partial charge in [0.05, 0.1) is 11.5 Å². The predicted octanol–water partition coefficient (Wildman–Crippen LogP) is 0.555. The first kappa shape index (κ1) is 16.1. The minimum absolute atomic E-state index is 0.0220. The van der Waals surface area contributed by atoms with E-state index in [2.05, 4.69) is 0 Å². The smallest absolute Gasteiger partial charge is 0.323 e. The van der Waals surface area contributed by atoms with E-state index in [0.717, 1.165) is 25.7 Å². The largest absolute Gasteiger partial charge is 0.480 e. The molecule has 0 aromatic rings. The number of rotatable bonds is 4. The molecule has 2 aliphatic rings. The lowest BCUT2D eigenvalue weighted by atomic mass is 10.2. The van der Waals surface area contributed by atoms with E-state index in [1.165, 1.54) is 4.90 Å². The molecule has 0 spiro atoms. The van der Waals surface area contributed by atoms with Gasteiger partial charge < -0.3 is 14.9 Å². The van der Waals surface area contributed by atoms with Crippen molar-refractivity contribution in [3.8, 4) is 0 Å². The van der Waals surface area contributed by atoms with Gasteiger partial charge in [0.25, 0.3) is 0 Å². The van der Waals surface area contributed by atoms with Gasteiger partial charge in [0.1, 0.15) is 6.54 Å². The van der Waals surface area contributed by atoms with E-state index < -0.39 is 28.4 Å². The van der Waals surface area contributed by atoms with Crippen LogP contribution in [0.4, 0.5) is 4.79 Å². The van der Waals surface area contributed by atoms with Crippen molar-refractivity contribution in [2.45, 2.75) is 44.2 Å². The molecule has 1 unspecified atom stereocenters. The van der Waals surface area contributed by atoms with Gasteiger partial charge in [-0.2, -0.15) is 0 Å². The van der Waals surface area contributed by atoms with Crippen molar-refractivity contribution < 1.29 is 23.1 Å². The highest BCUT2D eigenvalue weighted by molar-refractivity contribution is 7.91. The molecule has 0 radical (unpaired) electrons. The summed E-state index contributed by atoms with van der Waals surface area (Å²) in [5, 5.41) is 9.01. The molecule has 0 aromatic carbocycles. The summed E-state index contributed by atoms with van der Waals surface area (Å²) < 4.78 is 23.2. The lowest BCUT2D eigenvalue weighted by molar-refractivity contribution is -0.138. The number of hydrogen-bond acceptors (Lipinski definition) is 4. The molecule has 8 heteroatoms. The second kappa shape index (κ2) is 6.21. The van der Waals surface area contributed by atoms with Crippen LogP contribution < -0.4 is 0 Å². The molecule has 1 N–H and O–H groups in total. The molecule has 2 rings (SSSR count). The standard InChI is InChI=1S/C13H22N2O5S/c1-14(10-4-2-3-5-10)13(18)15(8-12(16)17)11-6-7-21(19,20)9-11/h10-11H,2-9H2,1H3,(H,16,17). The third kappa shape index (κ3) is 3.87. The van der Waals surface area contributed by atoms with Crippen molar-refractivity contribution in [1.82, 2.24) is 9.80 Å². The fraction of sp³-hybridized carbons (Fsp3) is 0.846. The van der Waals surface area contributed by atoms with Crippen molar-refractivity contribution in [1.29, 1.82) is 0 Å². The maximum atomic E-state index is 12.6. The number of amides is 2. The average Bonchev–Trinajstić information content (AvgIpc) is 3.03. The number of carboxylic acids is 1. The van der Waals surface area contributed by atoms with Gasteiger partial charge in [-0.3, -0.25) is 4.79 Å². The second-order valence-corrected chi connectivity index (χ2v) is 8.14. The molecule has 1 atom stereocenters. The molecule has 21 heavy (non-hydrogen) atoms. The predicted molar refractivity (Wildman–Crippen MR) is 76.8 cm³/mol. The molecule has 1 heterocycles. The van der Waals surface area contributed by atoms with Crippen molar-refractivity contribution in [2.24, 2.45) is 0 Å². The molecule has 0 aromatic heterocycles. The van der Waals surface area contributed by atoms with Crippen LogP contribution in [0.5, 0.6) is 0 Å². The summed E-state index contributed by atoms with van der Waals surface area (Å²) in [4.78, 5) is 26.4. The van der Waals surface area contributed by atoms with Crippen LogP contribution in [0.25, 0.3) is 0 Å². The lowest BCUT2D eigenvalue weighted by Crippen LogP contribution is -2.51. The van der Waals surface area contributed by atoms with Crippen LogP contribution in [0.2, 0.25) is 0 Å². The van der Waals surface area contributed by atoms with Gasteiger partial charge in [-0.15, -0.1) is 0 Å². The van der Waals surface area contributed by atoms with Gasteiger partial charge in [0.2, 0.25) is 0 Å². The van der Waals surface area contributed by atoms with Crippen LogP contribution in [0.15, 0.2) is 0 Å². The normalized spacial score (nSPS) is 24.9. The Morgan fingerprint density at radius 3 is 2.24 bits per heavy atom. The molecule has 0 bridgehead atoms. The van der Waals surface area contributed by atoms with E-state index in [0.29, 0.717) is 6.42 Å². The Hall–Kier alpha value is -1.31. The van der Waals surface area contributed by atoms with E-state index in [1.54, 1.807) is 11.9 Å². The first-order valence-corrected chi connectivity index (χ1v) is 9.08. The zero-order valence-corrected chi connectivity index (χ0v) is 13.0. The minimum atomic E-state index is -3.16. The summed E-state index contributed by atoms with van der Waals surface area (Å²) in [5.74, 6) is -1.23. The summed E-state index contributed by atoms with van der Waals surface area (Å²) in [5.41, 5.74) is 0. The highest BCUT2D eigenvalue weighted by Gasteiger charge is 2.38. The highest BCUT2D eigenvalue weighted by Crippen LogP contribution is 2.25. The third-order valence-electron chi connectivity index (χ3n) is 4.37. The number of urea groups is 1. The summed E-state index contributed by atoms with van der Waals surface area (Å²) >= 11 is 0. The molecular formula is C13H22N2O5S. The Bertz CT molecular complexity index is 513. The van der Waals surface area contributed by atoms with Gasteiger partial charge >= 0.3 is 12.0 Å². The van der Waals surface area contributed by atoms with Crippen LogP contribution in [0, 0.1) is 0 Å². The van der Waals surface area contributed by atoms with Crippen molar-refractivity contribution >= 4 is 21.8 Å². The first-order chi connectivity index (χ1) is 9.80. The highest BCUT2D eigenvalue weighted by atomic mass is 32.2. The van der Waals surface area contributed by atoms with Gasteiger partial charge in [-0.05, 0) is 19.3 Å². The molecule has 7 nitrogen and oxygen atoms in total. The van der Waals surface area contributed by atoms with Gasteiger partial charge in [-0.1, -0.05) is 12.8 Å². The molecule has 1 aliphatic heterocycles. The first-order valence-electron chi connectivity index (χ1n) is 7.26. The fourth-order valence-electron chi connectivity index (χ4n) is 3.17. The third-order valence-corrected chi connectivity index (χ3v) is 6.12. The Morgan fingerprint density at radius 1 is 1.14 bits per heavy atom. The summed E-state index contributed by atoms with van der Waals surface area (Å²) in [6, 6.07) is -0.763. The molecular weight excluding hydrogens is 296 g/mol. The summed E-state index contributed by atoms with van der Waals surface area (Å²) in [6.07, 6.45) is 4.30. The monoisotopic (exact) mass is 318 g/mol. The Morgan fingerprint density at radius 2 is 1.76 bits per heavy atom. The molecule has 120 valence electrons.